The third-order valence-electron chi connectivity index (χ3n) is 2.29. The number of nitrogens with zero attached hydrogens (tertiary/aromatic N) is 2. The molecular formula is C11H15N3S2. The van der Waals surface area contributed by atoms with E-state index in [0.717, 1.165) is 23.1 Å². The molecule has 3 nitrogen and oxygen atoms in total. The van der Waals surface area contributed by atoms with Gasteiger partial charge in [0.2, 0.25) is 0 Å². The van der Waals surface area contributed by atoms with Crippen LogP contribution in [0.25, 0.3) is 10.6 Å². The van der Waals surface area contributed by atoms with Gasteiger partial charge in [-0.05, 0) is 13.3 Å². The van der Waals surface area contributed by atoms with Crippen molar-refractivity contribution in [3.63, 3.8) is 0 Å². The minimum atomic E-state index is 1.01. The van der Waals surface area contributed by atoms with E-state index >= 15 is 0 Å². The molecule has 5 heteroatoms. The summed E-state index contributed by atoms with van der Waals surface area (Å²) in [5, 5.41) is 6.44. The lowest BCUT2D eigenvalue weighted by molar-refractivity contribution is 0.833. The first kappa shape index (κ1) is 11.5. The van der Waals surface area contributed by atoms with Crippen LogP contribution in [0.1, 0.15) is 25.5 Å². The van der Waals surface area contributed by atoms with E-state index in [1.165, 1.54) is 17.7 Å². The van der Waals surface area contributed by atoms with Crippen LogP contribution < -0.4 is 5.32 Å². The summed E-state index contributed by atoms with van der Waals surface area (Å²) in [6.07, 6.45) is 2.40. The number of hydrogen-bond acceptors (Lipinski definition) is 5. The van der Waals surface area contributed by atoms with E-state index in [0.29, 0.717) is 0 Å². The van der Waals surface area contributed by atoms with Crippen LogP contribution in [-0.2, 0) is 0 Å². The van der Waals surface area contributed by atoms with E-state index in [1.807, 2.05) is 12.4 Å². The lowest BCUT2D eigenvalue weighted by atomic mass is 10.3. The highest BCUT2D eigenvalue weighted by Crippen LogP contribution is 2.29. The molecular weight excluding hydrogens is 238 g/mol. The molecule has 0 atom stereocenters. The Hall–Kier alpha value is -0.940. The normalized spacial score (nSPS) is 10.6. The fourth-order valence-electron chi connectivity index (χ4n) is 1.38. The van der Waals surface area contributed by atoms with Gasteiger partial charge < -0.3 is 5.32 Å². The molecule has 0 fully saturated rings. The summed E-state index contributed by atoms with van der Waals surface area (Å²) in [6, 6.07) is 0. The molecule has 2 aromatic heterocycles. The van der Waals surface area contributed by atoms with Crippen molar-refractivity contribution in [1.29, 1.82) is 0 Å². The summed E-state index contributed by atoms with van der Waals surface area (Å²) < 4.78 is 0. The second kappa shape index (κ2) is 5.41. The molecule has 0 spiro atoms. The van der Waals surface area contributed by atoms with E-state index in [1.54, 1.807) is 22.7 Å². The van der Waals surface area contributed by atoms with Gasteiger partial charge in [-0.2, -0.15) is 0 Å². The van der Waals surface area contributed by atoms with Gasteiger partial charge in [-0.15, -0.1) is 22.7 Å². The zero-order valence-electron chi connectivity index (χ0n) is 9.49. The predicted molar refractivity (Wildman–Crippen MR) is 71.4 cm³/mol. The zero-order valence-corrected chi connectivity index (χ0v) is 11.1. The number of unbranched alkanes of at least 4 members (excludes halogenated alkanes) is 1. The highest BCUT2D eigenvalue weighted by atomic mass is 32.1. The number of thiazole rings is 2. The predicted octanol–water partition coefficient (Wildman–Crippen LogP) is 3.79. The molecule has 2 aromatic rings. The van der Waals surface area contributed by atoms with Crippen LogP contribution in [0.4, 0.5) is 5.13 Å². The lowest BCUT2D eigenvalue weighted by Crippen LogP contribution is -1.99. The summed E-state index contributed by atoms with van der Waals surface area (Å²) in [7, 11) is 0. The molecule has 0 aliphatic heterocycles. The maximum atomic E-state index is 4.56. The highest BCUT2D eigenvalue weighted by Gasteiger charge is 2.08. The summed E-state index contributed by atoms with van der Waals surface area (Å²) in [6.45, 7) is 5.22. The van der Waals surface area contributed by atoms with Crippen molar-refractivity contribution in [2.24, 2.45) is 0 Å². The SMILES string of the molecule is CCCCNc1nc(-c2scnc2C)cs1. The van der Waals surface area contributed by atoms with Crippen LogP contribution in [0.2, 0.25) is 0 Å². The molecule has 0 saturated heterocycles. The second-order valence-corrected chi connectivity index (χ2v) is 5.30. The third kappa shape index (κ3) is 2.59. The molecule has 1 N–H and O–H groups in total. The first-order chi connectivity index (χ1) is 7.81. The van der Waals surface area contributed by atoms with Crippen LogP contribution in [0.15, 0.2) is 10.9 Å². The minimum Gasteiger partial charge on any atom is -0.362 e. The fraction of sp³-hybridized carbons (Fsp3) is 0.455. The van der Waals surface area contributed by atoms with E-state index in [2.05, 4.69) is 27.6 Å². The number of aromatic nitrogens is 2. The van der Waals surface area contributed by atoms with Crippen LogP contribution >= 0.6 is 22.7 Å². The van der Waals surface area contributed by atoms with Crippen molar-refractivity contribution in [2.45, 2.75) is 26.7 Å². The van der Waals surface area contributed by atoms with Gasteiger partial charge in [0, 0.05) is 11.9 Å². The van der Waals surface area contributed by atoms with Gasteiger partial charge in [-0.25, -0.2) is 9.97 Å². The second-order valence-electron chi connectivity index (χ2n) is 3.59. The molecule has 16 heavy (non-hydrogen) atoms. The van der Waals surface area contributed by atoms with Gasteiger partial charge in [-0.3, -0.25) is 0 Å². The quantitative estimate of drug-likeness (QED) is 0.824. The number of aryl methyl sites for hydroxylation is 1. The monoisotopic (exact) mass is 253 g/mol. The van der Waals surface area contributed by atoms with Crippen molar-refractivity contribution in [1.82, 2.24) is 9.97 Å². The van der Waals surface area contributed by atoms with Crippen LogP contribution in [0.5, 0.6) is 0 Å². The maximum Gasteiger partial charge on any atom is 0.183 e. The molecule has 0 bridgehead atoms. The third-order valence-corrected chi connectivity index (χ3v) is 4.04. The minimum absolute atomic E-state index is 1.01. The Morgan fingerprint density at radius 3 is 2.94 bits per heavy atom. The molecule has 2 heterocycles. The Bertz CT molecular complexity index is 448. The zero-order chi connectivity index (χ0) is 11.4. The molecule has 0 aliphatic carbocycles. The van der Waals surface area contributed by atoms with E-state index < -0.39 is 0 Å². The topological polar surface area (TPSA) is 37.8 Å². The fourth-order valence-corrected chi connectivity index (χ4v) is 2.95. The van der Waals surface area contributed by atoms with Crippen LogP contribution in [0.3, 0.4) is 0 Å². The van der Waals surface area contributed by atoms with Crippen molar-refractivity contribution < 1.29 is 0 Å². The Labute approximate surface area is 104 Å². The Kier molecular flexibility index (Phi) is 3.90. The highest BCUT2D eigenvalue weighted by molar-refractivity contribution is 7.15. The number of rotatable bonds is 5. The molecule has 0 radical (unpaired) electrons. The van der Waals surface area contributed by atoms with Crippen molar-refractivity contribution >= 4 is 27.8 Å². The summed E-state index contributed by atoms with van der Waals surface area (Å²) >= 11 is 3.31. The number of anilines is 1. The van der Waals surface area contributed by atoms with Gasteiger partial charge >= 0.3 is 0 Å². The average Bonchev–Trinajstić information content (AvgIpc) is 2.87. The van der Waals surface area contributed by atoms with Crippen molar-refractivity contribution in [3.8, 4) is 10.6 Å². The van der Waals surface area contributed by atoms with E-state index in [9.17, 15) is 0 Å². The summed E-state index contributed by atoms with van der Waals surface area (Å²) in [5.41, 5.74) is 3.98. The van der Waals surface area contributed by atoms with E-state index in [-0.39, 0.29) is 0 Å². The van der Waals surface area contributed by atoms with Gasteiger partial charge in [0.15, 0.2) is 5.13 Å². The smallest absolute Gasteiger partial charge is 0.183 e. The molecule has 2 rings (SSSR count). The molecule has 86 valence electrons. The number of hydrogen-bond donors (Lipinski definition) is 1. The van der Waals surface area contributed by atoms with Crippen LogP contribution in [0, 0.1) is 6.92 Å². The Morgan fingerprint density at radius 2 is 2.25 bits per heavy atom. The molecule has 0 amide bonds. The van der Waals surface area contributed by atoms with Gasteiger partial charge in [0.05, 0.1) is 21.8 Å². The lowest BCUT2D eigenvalue weighted by Gasteiger charge is -1.99. The summed E-state index contributed by atoms with van der Waals surface area (Å²) in [5.74, 6) is 0. The van der Waals surface area contributed by atoms with Gasteiger partial charge in [0.25, 0.3) is 0 Å². The van der Waals surface area contributed by atoms with Crippen molar-refractivity contribution in [2.75, 3.05) is 11.9 Å². The Balaban J connectivity index is 2.05. The standard InChI is InChI=1S/C11H15N3S2/c1-3-4-5-12-11-14-9(6-15-11)10-8(2)13-7-16-10/h6-7H,3-5H2,1-2H3,(H,12,14). The molecule has 0 aliphatic rings. The first-order valence-electron chi connectivity index (χ1n) is 5.41. The van der Waals surface area contributed by atoms with Gasteiger partial charge in [-0.1, -0.05) is 13.3 Å². The van der Waals surface area contributed by atoms with Crippen molar-refractivity contribution in [3.05, 3.63) is 16.6 Å². The first-order valence-corrected chi connectivity index (χ1v) is 7.17. The number of nitrogens with one attached hydrogen (secondary N) is 1. The van der Waals surface area contributed by atoms with E-state index in [4.69, 9.17) is 0 Å². The maximum absolute atomic E-state index is 4.56. The average molecular weight is 253 g/mol. The molecule has 0 aromatic carbocycles. The Morgan fingerprint density at radius 1 is 1.38 bits per heavy atom. The molecule has 0 unspecified atom stereocenters. The molecule has 0 saturated carbocycles. The summed E-state index contributed by atoms with van der Waals surface area (Å²) in [4.78, 5) is 9.98. The largest absolute Gasteiger partial charge is 0.362 e. The van der Waals surface area contributed by atoms with Gasteiger partial charge in [0.1, 0.15) is 0 Å². The van der Waals surface area contributed by atoms with Crippen LogP contribution in [-0.4, -0.2) is 16.5 Å².